The highest BCUT2D eigenvalue weighted by Gasteiger charge is 2.28. The van der Waals surface area contributed by atoms with Crippen LogP contribution in [0.15, 0.2) is 24.3 Å². The van der Waals surface area contributed by atoms with E-state index in [4.69, 9.17) is 4.74 Å². The zero-order chi connectivity index (χ0) is 20.2. The number of imidazole rings is 1. The smallest absolute Gasteiger partial charge is 0.287 e. The number of benzene rings is 1. The summed E-state index contributed by atoms with van der Waals surface area (Å²) in [6.45, 7) is 4.00. The van der Waals surface area contributed by atoms with E-state index in [0.717, 1.165) is 62.1 Å². The lowest BCUT2D eigenvalue weighted by Crippen LogP contribution is -2.34. The van der Waals surface area contributed by atoms with E-state index in [1.807, 2.05) is 28.8 Å². The van der Waals surface area contributed by atoms with Crippen molar-refractivity contribution in [2.24, 2.45) is 0 Å². The van der Waals surface area contributed by atoms with Gasteiger partial charge >= 0.3 is 0 Å². The molecule has 2 aliphatic rings. The molecular weight excluding hydrogens is 368 g/mol. The summed E-state index contributed by atoms with van der Waals surface area (Å²) in [7, 11) is 0. The van der Waals surface area contributed by atoms with Gasteiger partial charge in [0.2, 0.25) is 0 Å². The molecule has 0 saturated carbocycles. The van der Waals surface area contributed by atoms with Crippen LogP contribution in [-0.2, 0) is 24.1 Å². The fourth-order valence-corrected chi connectivity index (χ4v) is 4.12. The number of carbonyl (C=O) groups is 2. The summed E-state index contributed by atoms with van der Waals surface area (Å²) in [6, 6.07) is 7.77. The van der Waals surface area contributed by atoms with Gasteiger partial charge in [0.05, 0.1) is 11.8 Å². The van der Waals surface area contributed by atoms with Gasteiger partial charge in [-0.3, -0.25) is 9.59 Å². The van der Waals surface area contributed by atoms with Crippen molar-refractivity contribution in [1.82, 2.24) is 14.9 Å². The number of carbonyl (C=O) groups excluding carboxylic acids is 2. The summed E-state index contributed by atoms with van der Waals surface area (Å²) in [5.74, 6) is -0.169. The maximum atomic E-state index is 13.0. The van der Waals surface area contributed by atoms with Gasteiger partial charge < -0.3 is 19.9 Å². The fourth-order valence-electron chi connectivity index (χ4n) is 4.12. The van der Waals surface area contributed by atoms with Crippen LogP contribution in [0.5, 0.6) is 0 Å². The molecule has 1 aromatic carbocycles. The highest BCUT2D eigenvalue weighted by molar-refractivity contribution is 6.05. The number of hydrogen-bond acceptors (Lipinski definition) is 4. The molecule has 4 rings (SSSR count). The Kier molecular flexibility index (Phi) is 5.94. The number of fused-ring (bicyclic) bond motifs is 1. The standard InChI is InChI=1S/C22H28N4O3/c1-2-15-8-3-4-10-17(15)24-21(27)19-18-11-5-6-12-26(18)20(25-19)22(28)23-14-16-9-7-13-29-16/h3-4,8,10,16H,2,5-7,9,11-14H2,1H3,(H,23,28)(H,24,27). The van der Waals surface area contributed by atoms with Gasteiger partial charge in [0.25, 0.3) is 11.8 Å². The molecule has 0 aliphatic carbocycles. The van der Waals surface area contributed by atoms with Crippen LogP contribution in [0.1, 0.15) is 65.0 Å². The molecule has 29 heavy (non-hydrogen) atoms. The maximum absolute atomic E-state index is 13.0. The molecule has 2 amide bonds. The number of aromatic nitrogens is 2. The summed E-state index contributed by atoms with van der Waals surface area (Å²) >= 11 is 0. The van der Waals surface area contributed by atoms with Gasteiger partial charge in [0.1, 0.15) is 0 Å². The van der Waals surface area contributed by atoms with Crippen LogP contribution >= 0.6 is 0 Å². The average molecular weight is 396 g/mol. The minimum atomic E-state index is -0.255. The lowest BCUT2D eigenvalue weighted by atomic mass is 10.1. The number of nitrogens with zero attached hydrogens (tertiary/aromatic N) is 2. The average Bonchev–Trinajstić information content (AvgIpc) is 3.40. The second kappa shape index (κ2) is 8.78. The van der Waals surface area contributed by atoms with Gasteiger partial charge in [-0.15, -0.1) is 0 Å². The molecule has 0 radical (unpaired) electrons. The van der Waals surface area contributed by atoms with E-state index < -0.39 is 0 Å². The second-order valence-electron chi connectivity index (χ2n) is 7.65. The van der Waals surface area contributed by atoms with Gasteiger partial charge in [-0.1, -0.05) is 25.1 Å². The molecule has 7 nitrogen and oxygen atoms in total. The van der Waals surface area contributed by atoms with Crippen molar-refractivity contribution < 1.29 is 14.3 Å². The second-order valence-corrected chi connectivity index (χ2v) is 7.65. The molecule has 0 spiro atoms. The molecule has 2 aliphatic heterocycles. The SMILES string of the molecule is CCc1ccccc1NC(=O)c1nc(C(=O)NCC2CCCO2)n2c1CCCC2. The van der Waals surface area contributed by atoms with Gasteiger partial charge in [-0.25, -0.2) is 4.98 Å². The largest absolute Gasteiger partial charge is 0.376 e. The topological polar surface area (TPSA) is 85.2 Å². The molecule has 1 aromatic heterocycles. The van der Waals surface area contributed by atoms with Crippen LogP contribution in [0.4, 0.5) is 5.69 Å². The van der Waals surface area contributed by atoms with Crippen LogP contribution in [0.2, 0.25) is 0 Å². The first-order valence-electron chi connectivity index (χ1n) is 10.6. The van der Waals surface area contributed by atoms with Crippen LogP contribution in [0.3, 0.4) is 0 Å². The number of anilines is 1. The molecule has 154 valence electrons. The van der Waals surface area contributed by atoms with E-state index >= 15 is 0 Å². The number of aryl methyl sites for hydroxylation is 1. The number of amides is 2. The molecule has 3 heterocycles. The molecule has 1 atom stereocenters. The molecule has 2 N–H and O–H groups in total. The minimum absolute atomic E-state index is 0.0723. The molecule has 2 aromatic rings. The molecule has 1 fully saturated rings. The maximum Gasteiger partial charge on any atom is 0.287 e. The van der Waals surface area contributed by atoms with Gasteiger partial charge in [-0.2, -0.15) is 0 Å². The first kappa shape index (κ1) is 19.6. The molecule has 1 saturated heterocycles. The van der Waals surface area contributed by atoms with Gasteiger partial charge in [0, 0.05) is 25.4 Å². The van der Waals surface area contributed by atoms with E-state index in [9.17, 15) is 9.59 Å². The first-order chi connectivity index (χ1) is 14.2. The fraction of sp³-hybridized carbons (Fsp3) is 0.500. The lowest BCUT2D eigenvalue weighted by Gasteiger charge is -2.17. The predicted octanol–water partition coefficient (Wildman–Crippen LogP) is 2.94. The quantitative estimate of drug-likeness (QED) is 0.786. The van der Waals surface area contributed by atoms with Crippen molar-refractivity contribution in [3.63, 3.8) is 0 Å². The van der Waals surface area contributed by atoms with E-state index in [1.54, 1.807) is 0 Å². The van der Waals surface area contributed by atoms with Crippen LogP contribution in [0, 0.1) is 0 Å². The van der Waals surface area contributed by atoms with Crippen LogP contribution in [-0.4, -0.2) is 40.6 Å². The van der Waals surface area contributed by atoms with Gasteiger partial charge in [-0.05, 0) is 50.2 Å². The summed E-state index contributed by atoms with van der Waals surface area (Å²) < 4.78 is 7.49. The number of ether oxygens (including phenoxy) is 1. The van der Waals surface area contributed by atoms with E-state index in [0.29, 0.717) is 24.6 Å². The zero-order valence-electron chi connectivity index (χ0n) is 16.9. The third kappa shape index (κ3) is 4.19. The molecule has 7 heteroatoms. The summed E-state index contributed by atoms with van der Waals surface area (Å²) in [5.41, 5.74) is 3.08. The Bertz CT molecular complexity index is 899. The Morgan fingerprint density at radius 1 is 1.21 bits per heavy atom. The highest BCUT2D eigenvalue weighted by atomic mass is 16.5. The van der Waals surface area contributed by atoms with Crippen molar-refractivity contribution in [3.05, 3.63) is 47.0 Å². The van der Waals surface area contributed by atoms with Crippen LogP contribution in [0.25, 0.3) is 0 Å². The van der Waals surface area contributed by atoms with Crippen molar-refractivity contribution >= 4 is 17.5 Å². The van der Waals surface area contributed by atoms with Crippen molar-refractivity contribution in [2.45, 2.75) is 58.1 Å². The Labute approximate surface area is 170 Å². The number of hydrogen-bond donors (Lipinski definition) is 2. The number of rotatable bonds is 6. The zero-order valence-corrected chi connectivity index (χ0v) is 16.9. The van der Waals surface area contributed by atoms with E-state index in [-0.39, 0.29) is 17.9 Å². The van der Waals surface area contributed by atoms with Crippen LogP contribution < -0.4 is 10.6 Å². The molecular formula is C22H28N4O3. The summed E-state index contributed by atoms with van der Waals surface area (Å²) in [5, 5.41) is 5.92. The molecule has 0 bridgehead atoms. The Morgan fingerprint density at radius 3 is 2.86 bits per heavy atom. The Morgan fingerprint density at radius 2 is 2.07 bits per heavy atom. The van der Waals surface area contributed by atoms with E-state index in [1.165, 1.54) is 0 Å². The predicted molar refractivity (Wildman–Crippen MR) is 110 cm³/mol. The minimum Gasteiger partial charge on any atom is -0.376 e. The normalized spacial score (nSPS) is 18.3. The first-order valence-corrected chi connectivity index (χ1v) is 10.6. The summed E-state index contributed by atoms with van der Waals surface area (Å²) in [4.78, 5) is 30.3. The van der Waals surface area contributed by atoms with E-state index in [2.05, 4.69) is 22.5 Å². The number of para-hydroxylation sites is 1. The summed E-state index contributed by atoms with van der Waals surface area (Å²) in [6.07, 6.45) is 5.62. The van der Waals surface area contributed by atoms with Crippen molar-refractivity contribution in [1.29, 1.82) is 0 Å². The highest BCUT2D eigenvalue weighted by Crippen LogP contribution is 2.23. The third-order valence-corrected chi connectivity index (χ3v) is 5.70. The number of nitrogens with one attached hydrogen (secondary N) is 2. The van der Waals surface area contributed by atoms with Crippen molar-refractivity contribution in [3.8, 4) is 0 Å². The molecule has 1 unspecified atom stereocenters. The monoisotopic (exact) mass is 396 g/mol. The third-order valence-electron chi connectivity index (χ3n) is 5.70. The lowest BCUT2D eigenvalue weighted by molar-refractivity contribution is 0.0845. The Hall–Kier alpha value is -2.67. The van der Waals surface area contributed by atoms with Gasteiger partial charge in [0.15, 0.2) is 11.5 Å². The van der Waals surface area contributed by atoms with Crippen molar-refractivity contribution in [2.75, 3.05) is 18.5 Å². The Balaban J connectivity index is 1.55.